The van der Waals surface area contributed by atoms with Crippen molar-refractivity contribution in [2.24, 2.45) is 0 Å². The van der Waals surface area contributed by atoms with E-state index >= 15 is 0 Å². The van der Waals surface area contributed by atoms with Crippen LogP contribution in [0.3, 0.4) is 0 Å². The Morgan fingerprint density at radius 3 is 2.50 bits per heavy atom. The van der Waals surface area contributed by atoms with E-state index in [2.05, 4.69) is 18.7 Å². The van der Waals surface area contributed by atoms with Gasteiger partial charge in [-0.2, -0.15) is 0 Å². The molecule has 34 heavy (non-hydrogen) atoms. The number of aliphatic hydroxyl groups excluding tert-OH is 1. The predicted octanol–water partition coefficient (Wildman–Crippen LogP) is 4.25. The van der Waals surface area contributed by atoms with Crippen LogP contribution in [0.4, 0.5) is 0 Å². The van der Waals surface area contributed by atoms with Crippen LogP contribution in [0.15, 0.2) is 48.0 Å². The number of hydrogen-bond acceptors (Lipinski definition) is 6. The molecule has 7 nitrogen and oxygen atoms in total. The number of ketones is 1. The number of phenols is 1. The van der Waals surface area contributed by atoms with Gasteiger partial charge in [-0.25, -0.2) is 0 Å². The van der Waals surface area contributed by atoms with E-state index in [1.165, 1.54) is 11.0 Å². The second-order valence-electron chi connectivity index (χ2n) is 8.40. The van der Waals surface area contributed by atoms with Crippen LogP contribution in [0, 0.1) is 6.92 Å². The highest BCUT2D eigenvalue weighted by Crippen LogP contribution is 2.41. The summed E-state index contributed by atoms with van der Waals surface area (Å²) < 4.78 is 5.64. The Kier molecular flexibility index (Phi) is 8.34. The Hall–Kier alpha value is -3.32. The van der Waals surface area contributed by atoms with Crippen molar-refractivity contribution < 1.29 is 24.5 Å². The number of amides is 1. The maximum Gasteiger partial charge on any atom is 0.295 e. The van der Waals surface area contributed by atoms with E-state index < -0.39 is 17.7 Å². The van der Waals surface area contributed by atoms with Gasteiger partial charge in [0, 0.05) is 6.54 Å². The van der Waals surface area contributed by atoms with E-state index in [4.69, 9.17) is 4.74 Å². The van der Waals surface area contributed by atoms with Crippen molar-refractivity contribution in [1.29, 1.82) is 0 Å². The number of phenolic OH excluding ortho intramolecular Hbond substituents is 1. The molecule has 1 aliphatic rings. The van der Waals surface area contributed by atoms with Gasteiger partial charge in [0.25, 0.3) is 11.7 Å². The monoisotopic (exact) mass is 466 g/mol. The van der Waals surface area contributed by atoms with Crippen LogP contribution in [-0.2, 0) is 9.59 Å². The first-order chi connectivity index (χ1) is 16.3. The maximum atomic E-state index is 13.2. The molecule has 1 unspecified atom stereocenters. The van der Waals surface area contributed by atoms with Gasteiger partial charge < -0.3 is 24.7 Å². The van der Waals surface area contributed by atoms with Crippen molar-refractivity contribution in [2.75, 3.05) is 32.8 Å². The van der Waals surface area contributed by atoms with Crippen LogP contribution in [0.2, 0.25) is 0 Å². The quantitative estimate of drug-likeness (QED) is 0.309. The Bertz CT molecular complexity index is 1070. The molecule has 1 amide bonds. The SMILES string of the molecule is CCOc1cccc(C2C(=C(O)c3cc(C)ccc3O)C(=O)C(=O)N2CCCN(CC)CC)c1. The molecule has 1 aliphatic heterocycles. The Morgan fingerprint density at radius 2 is 1.82 bits per heavy atom. The summed E-state index contributed by atoms with van der Waals surface area (Å²) in [5.41, 5.74) is 1.58. The van der Waals surface area contributed by atoms with Gasteiger partial charge in [0.2, 0.25) is 0 Å². The number of hydrogen-bond donors (Lipinski definition) is 2. The molecule has 1 saturated heterocycles. The third kappa shape index (κ3) is 5.25. The van der Waals surface area contributed by atoms with Crippen LogP contribution < -0.4 is 4.74 Å². The van der Waals surface area contributed by atoms with Gasteiger partial charge in [0.05, 0.1) is 23.8 Å². The number of rotatable bonds is 10. The zero-order valence-electron chi connectivity index (χ0n) is 20.4. The fourth-order valence-corrected chi connectivity index (χ4v) is 4.39. The summed E-state index contributed by atoms with van der Waals surface area (Å²) in [5.74, 6) is -1.32. The number of aryl methyl sites for hydroxylation is 1. The minimum atomic E-state index is -0.781. The average Bonchev–Trinajstić information content (AvgIpc) is 3.08. The van der Waals surface area contributed by atoms with E-state index in [9.17, 15) is 19.8 Å². The zero-order chi connectivity index (χ0) is 24.8. The van der Waals surface area contributed by atoms with Gasteiger partial charge in [-0.3, -0.25) is 9.59 Å². The number of carbonyl (C=O) groups is 2. The third-order valence-corrected chi connectivity index (χ3v) is 6.20. The van der Waals surface area contributed by atoms with Crippen molar-refractivity contribution in [3.63, 3.8) is 0 Å². The molecule has 1 atom stereocenters. The molecular formula is C27H34N2O5. The van der Waals surface area contributed by atoms with Gasteiger partial charge in [0.1, 0.15) is 17.3 Å². The highest BCUT2D eigenvalue weighted by atomic mass is 16.5. The number of aromatic hydroxyl groups is 1. The largest absolute Gasteiger partial charge is 0.507 e. The molecule has 1 fully saturated rings. The van der Waals surface area contributed by atoms with Gasteiger partial charge in [-0.15, -0.1) is 0 Å². The minimum Gasteiger partial charge on any atom is -0.507 e. The molecule has 0 aliphatic carbocycles. The van der Waals surface area contributed by atoms with E-state index in [0.717, 1.165) is 25.2 Å². The molecule has 2 aromatic carbocycles. The molecule has 7 heteroatoms. The first-order valence-electron chi connectivity index (χ1n) is 11.9. The third-order valence-electron chi connectivity index (χ3n) is 6.20. The lowest BCUT2D eigenvalue weighted by Gasteiger charge is -2.27. The summed E-state index contributed by atoms with van der Waals surface area (Å²) in [6.45, 7) is 11.3. The molecule has 0 radical (unpaired) electrons. The number of ether oxygens (including phenoxy) is 1. The highest BCUT2D eigenvalue weighted by molar-refractivity contribution is 6.46. The summed E-state index contributed by atoms with van der Waals surface area (Å²) in [7, 11) is 0. The number of carbonyl (C=O) groups excluding carboxylic acids is 2. The Morgan fingerprint density at radius 1 is 1.09 bits per heavy atom. The van der Waals surface area contributed by atoms with E-state index in [-0.39, 0.29) is 22.6 Å². The molecule has 0 aromatic heterocycles. The van der Waals surface area contributed by atoms with E-state index in [1.54, 1.807) is 24.3 Å². The molecule has 2 N–H and O–H groups in total. The Balaban J connectivity index is 2.09. The van der Waals surface area contributed by atoms with Crippen molar-refractivity contribution >= 4 is 17.4 Å². The lowest BCUT2D eigenvalue weighted by Crippen LogP contribution is -2.33. The summed E-state index contributed by atoms with van der Waals surface area (Å²) in [6, 6.07) is 11.2. The standard InChI is InChI=1S/C27H34N2O5/c1-5-28(6-2)14-9-15-29-24(19-10-8-11-20(17-19)34-7-3)23(26(32)27(29)33)25(31)21-16-18(4)12-13-22(21)30/h8,10-13,16-17,24,30-31H,5-7,9,14-15H2,1-4H3. The summed E-state index contributed by atoms with van der Waals surface area (Å²) in [4.78, 5) is 30.1. The lowest BCUT2D eigenvalue weighted by molar-refractivity contribution is -0.140. The van der Waals surface area contributed by atoms with Crippen LogP contribution in [0.5, 0.6) is 11.5 Å². The van der Waals surface area contributed by atoms with Crippen LogP contribution in [0.1, 0.15) is 49.9 Å². The number of aliphatic hydroxyl groups is 1. The first kappa shape index (κ1) is 25.3. The average molecular weight is 467 g/mol. The second-order valence-corrected chi connectivity index (χ2v) is 8.40. The molecule has 2 aromatic rings. The minimum absolute atomic E-state index is 0.0256. The molecular weight excluding hydrogens is 432 g/mol. The molecule has 182 valence electrons. The highest BCUT2D eigenvalue weighted by Gasteiger charge is 2.46. The molecule has 0 bridgehead atoms. The van der Waals surface area contributed by atoms with Crippen molar-refractivity contribution in [3.05, 3.63) is 64.7 Å². The first-order valence-corrected chi connectivity index (χ1v) is 11.9. The molecule has 0 saturated carbocycles. The van der Waals surface area contributed by atoms with Crippen LogP contribution in [0.25, 0.3) is 5.76 Å². The lowest BCUT2D eigenvalue weighted by atomic mass is 9.94. The summed E-state index contributed by atoms with van der Waals surface area (Å²) in [5, 5.41) is 21.6. The predicted molar refractivity (Wildman–Crippen MR) is 132 cm³/mol. The van der Waals surface area contributed by atoms with Gasteiger partial charge in [-0.05, 0) is 69.7 Å². The van der Waals surface area contributed by atoms with Crippen molar-refractivity contribution in [3.8, 4) is 11.5 Å². The number of benzene rings is 2. The van der Waals surface area contributed by atoms with Gasteiger partial charge in [0.15, 0.2) is 0 Å². The smallest absolute Gasteiger partial charge is 0.295 e. The van der Waals surface area contributed by atoms with Gasteiger partial charge >= 0.3 is 0 Å². The summed E-state index contributed by atoms with van der Waals surface area (Å²) >= 11 is 0. The fraction of sp³-hybridized carbons (Fsp3) is 0.407. The molecule has 3 rings (SSSR count). The van der Waals surface area contributed by atoms with Gasteiger partial charge in [-0.1, -0.05) is 37.6 Å². The van der Waals surface area contributed by atoms with E-state index in [1.807, 2.05) is 26.0 Å². The summed E-state index contributed by atoms with van der Waals surface area (Å²) in [6.07, 6.45) is 0.687. The van der Waals surface area contributed by atoms with Crippen LogP contribution in [-0.4, -0.2) is 64.5 Å². The van der Waals surface area contributed by atoms with Crippen molar-refractivity contribution in [1.82, 2.24) is 9.80 Å². The topological polar surface area (TPSA) is 90.3 Å². The molecule has 1 heterocycles. The number of Topliss-reactive ketones (excluding diaryl/α,β-unsaturated/α-hetero) is 1. The van der Waals surface area contributed by atoms with Crippen LogP contribution >= 0.6 is 0 Å². The number of nitrogens with zero attached hydrogens (tertiary/aromatic N) is 2. The Labute approximate surface area is 201 Å². The zero-order valence-corrected chi connectivity index (χ0v) is 20.4. The van der Waals surface area contributed by atoms with Crippen molar-refractivity contribution in [2.45, 2.75) is 40.2 Å². The maximum absolute atomic E-state index is 13.2. The normalized spacial score (nSPS) is 17.6. The fourth-order valence-electron chi connectivity index (χ4n) is 4.39. The molecule has 0 spiro atoms. The van der Waals surface area contributed by atoms with E-state index in [0.29, 0.717) is 30.9 Å². The second kappa shape index (κ2) is 11.2. The number of likely N-dealkylation sites (tertiary alicyclic amines) is 1.